The van der Waals surface area contributed by atoms with Crippen molar-refractivity contribution in [3.05, 3.63) is 36.5 Å². The number of rotatable bonds is 37. The third-order valence-electron chi connectivity index (χ3n) is 8.18. The smallest absolute Gasteiger partial charge is 0.472 e. The summed E-state index contributed by atoms with van der Waals surface area (Å²) in [6.45, 7) is 3.73. The molecule has 0 heterocycles. The number of hydrogen-bond acceptors (Lipinski definition) is 8. The van der Waals surface area contributed by atoms with Crippen molar-refractivity contribution in [2.45, 2.75) is 174 Å². The molecule has 11 heteroatoms. The second-order valence-corrected chi connectivity index (χ2v) is 14.5. The van der Waals surface area contributed by atoms with Crippen molar-refractivity contribution < 1.29 is 42.7 Å². The molecule has 0 saturated heterocycles. The maximum Gasteiger partial charge on any atom is 0.472 e. The molecule has 3 atom stereocenters. The minimum absolute atomic E-state index is 0.00706. The van der Waals surface area contributed by atoms with Crippen molar-refractivity contribution in [3.8, 4) is 0 Å². The standard InChI is InChI=1S/C39H72NO9P/c1-3-5-7-9-11-13-15-17-18-20-22-24-26-28-30-32-46-33-36(34-47-50(44,45)48-35-37(40)39(42)43)49-38(41)31-29-27-25-23-21-19-16-14-12-10-8-6-4-2/h6,8,12,14,19,21,36-37H,3-5,7,9-11,13,15-18,20,22-35,40H2,1-2H3,(H,42,43)(H,44,45)/b8-6-,14-12-,21-19-. The molecular weight excluding hydrogens is 657 g/mol. The summed E-state index contributed by atoms with van der Waals surface area (Å²) in [5, 5.41) is 8.86. The van der Waals surface area contributed by atoms with E-state index >= 15 is 0 Å². The average Bonchev–Trinajstić information content (AvgIpc) is 3.09. The molecule has 50 heavy (non-hydrogen) atoms. The second-order valence-electron chi connectivity index (χ2n) is 13.0. The van der Waals surface area contributed by atoms with E-state index in [1.54, 1.807) is 0 Å². The number of phosphoric acid groups is 1. The molecule has 0 aliphatic carbocycles. The van der Waals surface area contributed by atoms with Crippen molar-refractivity contribution in [1.29, 1.82) is 0 Å². The third-order valence-corrected chi connectivity index (χ3v) is 9.13. The lowest BCUT2D eigenvalue weighted by molar-refractivity contribution is -0.154. The zero-order chi connectivity index (χ0) is 37.0. The van der Waals surface area contributed by atoms with Gasteiger partial charge in [-0.1, -0.05) is 147 Å². The fourth-order valence-corrected chi connectivity index (χ4v) is 5.92. The van der Waals surface area contributed by atoms with E-state index in [4.69, 9.17) is 24.8 Å². The molecule has 3 unspecified atom stereocenters. The monoisotopic (exact) mass is 729 g/mol. The van der Waals surface area contributed by atoms with Gasteiger partial charge in [0.25, 0.3) is 0 Å². The Morgan fingerprint density at radius 2 is 1.16 bits per heavy atom. The van der Waals surface area contributed by atoms with Crippen LogP contribution in [0.5, 0.6) is 0 Å². The number of esters is 1. The molecule has 0 spiro atoms. The van der Waals surface area contributed by atoms with Gasteiger partial charge < -0.3 is 25.2 Å². The first kappa shape index (κ1) is 48.2. The first-order valence-corrected chi connectivity index (χ1v) is 21.0. The number of allylic oxidation sites excluding steroid dienone is 6. The molecule has 0 aliphatic rings. The number of aliphatic carboxylic acids is 1. The summed E-state index contributed by atoms with van der Waals surface area (Å²) in [4.78, 5) is 33.4. The summed E-state index contributed by atoms with van der Waals surface area (Å²) in [5.74, 6) is -1.81. The fraction of sp³-hybridized carbons (Fsp3) is 0.795. The van der Waals surface area contributed by atoms with Gasteiger partial charge in [0.05, 0.1) is 19.8 Å². The maximum atomic E-state index is 12.5. The summed E-state index contributed by atoms with van der Waals surface area (Å²) in [5.41, 5.74) is 5.34. The van der Waals surface area contributed by atoms with Crippen LogP contribution >= 0.6 is 7.82 Å². The van der Waals surface area contributed by atoms with Crippen LogP contribution in [0.15, 0.2) is 36.5 Å². The van der Waals surface area contributed by atoms with Crippen LogP contribution in [0, 0.1) is 0 Å². The highest BCUT2D eigenvalue weighted by molar-refractivity contribution is 7.47. The molecule has 0 saturated carbocycles. The molecule has 292 valence electrons. The summed E-state index contributed by atoms with van der Waals surface area (Å²) in [6.07, 6.45) is 37.7. The Morgan fingerprint density at radius 1 is 0.660 bits per heavy atom. The van der Waals surface area contributed by atoms with Gasteiger partial charge in [0, 0.05) is 13.0 Å². The molecule has 0 bridgehead atoms. The highest BCUT2D eigenvalue weighted by Crippen LogP contribution is 2.43. The third kappa shape index (κ3) is 34.6. The zero-order valence-electron chi connectivity index (χ0n) is 31.5. The Morgan fingerprint density at radius 3 is 1.72 bits per heavy atom. The molecule has 0 fully saturated rings. The Bertz CT molecular complexity index is 941. The molecule has 0 aromatic carbocycles. The predicted molar refractivity (Wildman–Crippen MR) is 203 cm³/mol. The Kier molecular flexibility index (Phi) is 34.3. The Labute approximate surface area is 304 Å². The number of carbonyl (C=O) groups is 2. The Balaban J connectivity index is 4.32. The molecule has 0 aromatic heterocycles. The number of unbranched alkanes of at least 4 members (excludes halogenated alkanes) is 17. The highest BCUT2D eigenvalue weighted by atomic mass is 31.2. The van der Waals surface area contributed by atoms with E-state index < -0.39 is 45.1 Å². The predicted octanol–water partition coefficient (Wildman–Crippen LogP) is 10.1. The van der Waals surface area contributed by atoms with Crippen LogP contribution in [0.1, 0.15) is 162 Å². The molecule has 0 rings (SSSR count). The minimum Gasteiger partial charge on any atom is -0.480 e. The number of ether oxygens (including phenoxy) is 2. The molecule has 0 aromatic rings. The van der Waals surface area contributed by atoms with E-state index in [1.807, 2.05) is 0 Å². The van der Waals surface area contributed by atoms with Crippen LogP contribution in [-0.4, -0.2) is 60.5 Å². The zero-order valence-corrected chi connectivity index (χ0v) is 32.4. The number of hydrogen-bond donors (Lipinski definition) is 3. The first-order valence-electron chi connectivity index (χ1n) is 19.5. The van der Waals surface area contributed by atoms with Crippen molar-refractivity contribution in [3.63, 3.8) is 0 Å². The van der Waals surface area contributed by atoms with Gasteiger partial charge in [-0.2, -0.15) is 0 Å². The molecule has 0 amide bonds. The van der Waals surface area contributed by atoms with Gasteiger partial charge in [-0.3, -0.25) is 18.6 Å². The van der Waals surface area contributed by atoms with Crippen molar-refractivity contribution in [1.82, 2.24) is 0 Å². The van der Waals surface area contributed by atoms with Crippen molar-refractivity contribution in [2.24, 2.45) is 5.73 Å². The largest absolute Gasteiger partial charge is 0.480 e. The molecule has 0 radical (unpaired) electrons. The van der Waals surface area contributed by atoms with Crippen LogP contribution in [0.3, 0.4) is 0 Å². The van der Waals surface area contributed by atoms with E-state index in [9.17, 15) is 19.0 Å². The summed E-state index contributed by atoms with van der Waals surface area (Å²) in [7, 11) is -4.62. The van der Waals surface area contributed by atoms with Gasteiger partial charge in [0.15, 0.2) is 0 Å². The normalized spacial score (nSPS) is 14.5. The van der Waals surface area contributed by atoms with Crippen LogP contribution in [0.2, 0.25) is 0 Å². The highest BCUT2D eigenvalue weighted by Gasteiger charge is 2.27. The summed E-state index contributed by atoms with van der Waals surface area (Å²) in [6, 6.07) is -1.48. The molecule has 0 aliphatic heterocycles. The van der Waals surface area contributed by atoms with Gasteiger partial charge in [-0.05, 0) is 44.9 Å². The molecular formula is C39H72NO9P. The van der Waals surface area contributed by atoms with Gasteiger partial charge in [0.1, 0.15) is 12.1 Å². The minimum atomic E-state index is -4.62. The lowest BCUT2D eigenvalue weighted by Crippen LogP contribution is -2.34. The van der Waals surface area contributed by atoms with E-state index in [0.29, 0.717) is 13.0 Å². The topological polar surface area (TPSA) is 155 Å². The van der Waals surface area contributed by atoms with Crippen molar-refractivity contribution in [2.75, 3.05) is 26.4 Å². The lowest BCUT2D eigenvalue weighted by Gasteiger charge is -2.20. The lowest BCUT2D eigenvalue weighted by atomic mass is 10.0. The molecule has 10 nitrogen and oxygen atoms in total. The number of phosphoric ester groups is 1. The van der Waals surface area contributed by atoms with Gasteiger partial charge in [-0.25, -0.2) is 4.57 Å². The Hall–Kier alpha value is -1.81. The van der Waals surface area contributed by atoms with E-state index in [0.717, 1.165) is 57.8 Å². The van der Waals surface area contributed by atoms with Crippen LogP contribution in [0.4, 0.5) is 0 Å². The van der Waals surface area contributed by atoms with E-state index in [2.05, 4.69) is 54.8 Å². The summed E-state index contributed by atoms with van der Waals surface area (Å²) < 4.78 is 33.2. The van der Waals surface area contributed by atoms with Crippen LogP contribution in [0.25, 0.3) is 0 Å². The van der Waals surface area contributed by atoms with E-state index in [-0.39, 0.29) is 13.0 Å². The number of carboxylic acid groups (broad SMARTS) is 1. The van der Waals surface area contributed by atoms with E-state index in [1.165, 1.54) is 77.0 Å². The quantitative estimate of drug-likeness (QED) is 0.0243. The maximum absolute atomic E-state index is 12.5. The molecule has 4 N–H and O–H groups in total. The second kappa shape index (κ2) is 35.6. The van der Waals surface area contributed by atoms with Gasteiger partial charge >= 0.3 is 19.8 Å². The number of carboxylic acids is 1. The van der Waals surface area contributed by atoms with Gasteiger partial charge in [-0.15, -0.1) is 0 Å². The van der Waals surface area contributed by atoms with Crippen LogP contribution < -0.4 is 5.73 Å². The fourth-order valence-electron chi connectivity index (χ4n) is 5.15. The van der Waals surface area contributed by atoms with Crippen molar-refractivity contribution >= 4 is 19.8 Å². The van der Waals surface area contributed by atoms with Gasteiger partial charge in [0.2, 0.25) is 0 Å². The SMILES string of the molecule is CC/C=C\C/C=C\C/C=C\CCCCCC(=O)OC(COCCCCCCCCCCCCCCCCC)COP(=O)(O)OCC(N)C(=O)O. The number of nitrogens with two attached hydrogens (primary N) is 1. The summed E-state index contributed by atoms with van der Waals surface area (Å²) >= 11 is 0. The van der Waals surface area contributed by atoms with Crippen LogP contribution in [-0.2, 0) is 32.7 Å². The first-order chi connectivity index (χ1) is 24.2. The average molecular weight is 730 g/mol. The number of carbonyl (C=O) groups excluding carboxylic acids is 1.